The first-order valence-electron chi connectivity index (χ1n) is 11.0. The van der Waals surface area contributed by atoms with Gasteiger partial charge in [0, 0.05) is 28.7 Å². The fraction of sp³-hybridized carbons (Fsp3) is 0.565. The summed E-state index contributed by atoms with van der Waals surface area (Å²) in [6.45, 7) is 14.6. The third-order valence-electron chi connectivity index (χ3n) is 7.13. The Morgan fingerprint density at radius 3 is 2.36 bits per heavy atom. The summed E-state index contributed by atoms with van der Waals surface area (Å²) in [5.74, 6) is -1.35. The number of carbonyl (C=O) groups is 2. The summed E-state index contributed by atoms with van der Waals surface area (Å²) in [5, 5.41) is 20.8. The molecular formula is C23H32N2O6SSi. The zero-order chi connectivity index (χ0) is 24.9. The van der Waals surface area contributed by atoms with E-state index in [0.717, 1.165) is 5.56 Å². The largest absolute Gasteiger partial charge is 0.477 e. The van der Waals surface area contributed by atoms with Gasteiger partial charge in [0.25, 0.3) is 5.69 Å². The number of hydrogen-bond donors (Lipinski definition) is 1. The fourth-order valence-corrected chi connectivity index (χ4v) is 6.96. The molecule has 4 atom stereocenters. The van der Waals surface area contributed by atoms with E-state index in [2.05, 4.69) is 33.9 Å². The van der Waals surface area contributed by atoms with Gasteiger partial charge in [-0.2, -0.15) is 0 Å². The minimum Gasteiger partial charge on any atom is -0.477 e. The lowest BCUT2D eigenvalue weighted by atomic mass is 9.79. The first kappa shape index (κ1) is 25.4. The first-order chi connectivity index (χ1) is 15.2. The average Bonchev–Trinajstić information content (AvgIpc) is 2.94. The maximum Gasteiger partial charge on any atom is 0.353 e. The van der Waals surface area contributed by atoms with Crippen molar-refractivity contribution in [2.24, 2.45) is 11.8 Å². The van der Waals surface area contributed by atoms with Crippen molar-refractivity contribution in [3.05, 3.63) is 50.5 Å². The third-order valence-corrected chi connectivity index (χ3v) is 13.1. The van der Waals surface area contributed by atoms with Gasteiger partial charge >= 0.3 is 5.97 Å². The van der Waals surface area contributed by atoms with Crippen LogP contribution < -0.4 is 0 Å². The second-order valence-electron chi connectivity index (χ2n) is 10.3. The minimum atomic E-state index is -2.09. The number of fused-ring (bicyclic) bond motifs is 1. The summed E-state index contributed by atoms with van der Waals surface area (Å²) < 4.78 is 6.49. The Morgan fingerprint density at radius 2 is 1.88 bits per heavy atom. The van der Waals surface area contributed by atoms with Crippen molar-refractivity contribution < 1.29 is 24.0 Å². The molecule has 0 spiro atoms. The quantitative estimate of drug-likeness (QED) is 0.235. The lowest BCUT2D eigenvalue weighted by Crippen LogP contribution is -2.65. The van der Waals surface area contributed by atoms with Crippen molar-refractivity contribution >= 4 is 37.6 Å². The van der Waals surface area contributed by atoms with Gasteiger partial charge in [0.1, 0.15) is 5.70 Å². The normalized spacial score (nSPS) is 23.9. The smallest absolute Gasteiger partial charge is 0.353 e. The molecule has 1 amide bonds. The number of nitro benzene ring substituents is 1. The van der Waals surface area contributed by atoms with Crippen LogP contribution in [0.1, 0.15) is 40.2 Å². The highest BCUT2D eigenvalue weighted by Crippen LogP contribution is 2.52. The number of thioether (sulfide) groups is 1. The van der Waals surface area contributed by atoms with E-state index >= 15 is 0 Å². The Labute approximate surface area is 199 Å². The van der Waals surface area contributed by atoms with E-state index in [-0.39, 0.29) is 46.3 Å². The van der Waals surface area contributed by atoms with E-state index in [0.29, 0.717) is 10.7 Å². The molecule has 0 saturated carbocycles. The van der Waals surface area contributed by atoms with Crippen molar-refractivity contribution in [1.82, 2.24) is 4.90 Å². The van der Waals surface area contributed by atoms with Gasteiger partial charge in [-0.1, -0.05) is 39.8 Å². The van der Waals surface area contributed by atoms with E-state index in [1.807, 2.05) is 13.8 Å². The van der Waals surface area contributed by atoms with E-state index in [1.165, 1.54) is 28.8 Å². The van der Waals surface area contributed by atoms with Crippen molar-refractivity contribution in [2.45, 2.75) is 70.6 Å². The topological polar surface area (TPSA) is 110 Å². The van der Waals surface area contributed by atoms with Crippen LogP contribution in [0.25, 0.3) is 0 Å². The molecule has 2 aliphatic heterocycles. The number of hydrogen-bond acceptors (Lipinski definition) is 6. The number of rotatable bonds is 8. The monoisotopic (exact) mass is 492 g/mol. The molecule has 1 fully saturated rings. The van der Waals surface area contributed by atoms with Crippen LogP contribution in [-0.2, 0) is 19.8 Å². The number of nitro groups is 1. The maximum atomic E-state index is 13.1. The van der Waals surface area contributed by atoms with E-state index in [4.69, 9.17) is 4.43 Å². The van der Waals surface area contributed by atoms with Gasteiger partial charge in [-0.3, -0.25) is 14.9 Å². The Balaban J connectivity index is 1.78. The molecule has 1 saturated heterocycles. The van der Waals surface area contributed by atoms with Gasteiger partial charge in [0.05, 0.1) is 23.0 Å². The summed E-state index contributed by atoms with van der Waals surface area (Å²) >= 11 is 1.38. The average molecular weight is 493 g/mol. The highest BCUT2D eigenvalue weighted by atomic mass is 32.2. The van der Waals surface area contributed by atoms with Gasteiger partial charge in [-0.05, 0) is 30.6 Å². The van der Waals surface area contributed by atoms with E-state index < -0.39 is 19.2 Å². The number of carboxylic acid groups (broad SMARTS) is 1. The second kappa shape index (κ2) is 8.88. The SMILES string of the molecule is C[C@@H](O[Si](C)(C)C(C)(C)C)[C@H]1C(=O)N2C(C(=O)O)=C(SCc3ccc([N+](=O)[O-])cc3)[C@H](C)[C@H]12. The van der Waals surface area contributed by atoms with Crippen LogP contribution in [0, 0.1) is 22.0 Å². The van der Waals surface area contributed by atoms with Crippen molar-refractivity contribution in [3.8, 4) is 0 Å². The molecule has 3 rings (SSSR count). The Kier molecular flexibility index (Phi) is 6.85. The lowest BCUT2D eigenvalue weighted by molar-refractivity contribution is -0.384. The third kappa shape index (κ3) is 4.60. The Morgan fingerprint density at radius 1 is 1.30 bits per heavy atom. The highest BCUT2D eigenvalue weighted by molar-refractivity contribution is 8.02. The lowest BCUT2D eigenvalue weighted by Gasteiger charge is -2.50. The number of non-ortho nitro benzene ring substituents is 1. The fourth-order valence-electron chi connectivity index (χ4n) is 4.29. The van der Waals surface area contributed by atoms with Crippen molar-refractivity contribution in [2.75, 3.05) is 0 Å². The molecule has 8 nitrogen and oxygen atoms in total. The van der Waals surface area contributed by atoms with Crippen molar-refractivity contribution in [1.29, 1.82) is 0 Å². The van der Waals surface area contributed by atoms with Crippen LogP contribution in [0.5, 0.6) is 0 Å². The van der Waals surface area contributed by atoms with Crippen molar-refractivity contribution in [3.63, 3.8) is 0 Å². The molecule has 0 radical (unpaired) electrons. The van der Waals surface area contributed by atoms with Gasteiger partial charge in [0.15, 0.2) is 8.32 Å². The molecule has 0 aliphatic carbocycles. The molecule has 0 bridgehead atoms. The van der Waals surface area contributed by atoms with Crippen LogP contribution in [-0.4, -0.2) is 47.3 Å². The summed E-state index contributed by atoms with van der Waals surface area (Å²) in [7, 11) is -2.09. The number of amides is 1. The van der Waals surface area contributed by atoms with Gasteiger partial charge in [0.2, 0.25) is 5.91 Å². The zero-order valence-corrected chi connectivity index (χ0v) is 21.9. The van der Waals surface area contributed by atoms with Crippen LogP contribution in [0.3, 0.4) is 0 Å². The molecule has 180 valence electrons. The standard InChI is InChI=1S/C23H32N2O6SSi/c1-13-18-17(14(2)31-33(6,7)23(3,4)5)21(26)24(18)19(22(27)28)20(13)32-12-15-8-10-16(11-9-15)25(29)30/h8-11,13-14,17-18H,12H2,1-7H3,(H,27,28)/t13-,14-,17-,18-/m1/s1. The second-order valence-corrected chi connectivity index (χ2v) is 16.1. The number of β-lactam (4-membered cyclic amide) rings is 1. The molecule has 1 aromatic rings. The molecule has 0 unspecified atom stereocenters. The predicted octanol–water partition coefficient (Wildman–Crippen LogP) is 5.01. The first-order valence-corrected chi connectivity index (χ1v) is 14.9. The summed E-state index contributed by atoms with van der Waals surface area (Å²) in [5.41, 5.74) is 0.915. The highest BCUT2D eigenvalue weighted by Gasteiger charge is 2.61. The molecule has 1 aromatic carbocycles. The number of carbonyl (C=O) groups excluding carboxylic acids is 1. The van der Waals surface area contributed by atoms with Crippen LogP contribution in [0.15, 0.2) is 34.9 Å². The van der Waals surface area contributed by atoms with Gasteiger partial charge < -0.3 is 14.4 Å². The maximum absolute atomic E-state index is 13.1. The molecule has 33 heavy (non-hydrogen) atoms. The molecule has 2 heterocycles. The van der Waals surface area contributed by atoms with Gasteiger partial charge in [-0.25, -0.2) is 4.79 Å². The molecule has 10 heteroatoms. The number of aliphatic carboxylic acids is 1. The summed E-state index contributed by atoms with van der Waals surface area (Å²) in [6.07, 6.45) is -0.295. The molecule has 0 aromatic heterocycles. The number of benzene rings is 1. The number of nitrogens with zero attached hydrogens (tertiary/aromatic N) is 2. The van der Waals surface area contributed by atoms with Crippen LogP contribution >= 0.6 is 11.8 Å². The molecule has 2 aliphatic rings. The summed E-state index contributed by atoms with van der Waals surface area (Å²) in [6, 6.07) is 5.98. The minimum absolute atomic E-state index is 0.00524. The molecular weight excluding hydrogens is 460 g/mol. The Bertz CT molecular complexity index is 1000. The van der Waals surface area contributed by atoms with E-state index in [9.17, 15) is 24.8 Å². The van der Waals surface area contributed by atoms with Crippen LogP contribution in [0.2, 0.25) is 18.1 Å². The summed E-state index contributed by atoms with van der Waals surface area (Å²) in [4.78, 5) is 37.7. The Hall–Kier alpha value is -2.17. The van der Waals surface area contributed by atoms with Gasteiger partial charge in [-0.15, -0.1) is 11.8 Å². The number of carboxylic acids is 1. The van der Waals surface area contributed by atoms with Crippen LogP contribution in [0.4, 0.5) is 5.69 Å². The van der Waals surface area contributed by atoms with E-state index in [1.54, 1.807) is 12.1 Å². The zero-order valence-electron chi connectivity index (χ0n) is 20.1. The predicted molar refractivity (Wildman–Crippen MR) is 130 cm³/mol. The molecule has 1 N–H and O–H groups in total.